The van der Waals surface area contributed by atoms with Crippen LogP contribution in [-0.4, -0.2) is 163 Å². The van der Waals surface area contributed by atoms with E-state index in [4.69, 9.17) is 9.97 Å². The van der Waals surface area contributed by atoms with E-state index >= 15 is 0 Å². The number of rotatable bonds is 6. The van der Waals surface area contributed by atoms with Gasteiger partial charge in [0.05, 0.1) is 59.6 Å². The fourth-order valence-corrected chi connectivity index (χ4v) is 10.2. The quantitative estimate of drug-likeness (QED) is 0.188. The lowest BCUT2D eigenvalue weighted by Crippen LogP contribution is -2.63. The highest BCUT2D eigenvalue weighted by Gasteiger charge is 2.34. The molecule has 8 aromatic rings. The molecule has 0 saturated carbocycles. The molecular weight excluding hydrogens is 816 g/mol. The molecule has 14 nitrogen and oxygen atoms in total. The molecule has 0 amide bonds. The first-order valence-electron chi connectivity index (χ1n) is 23.2. The molecule has 65 heavy (non-hydrogen) atoms. The highest BCUT2D eigenvalue weighted by molar-refractivity contribution is 5.99. The zero-order valence-corrected chi connectivity index (χ0v) is 37.9. The van der Waals surface area contributed by atoms with Crippen LogP contribution in [0.4, 0.5) is 15.8 Å². The molecule has 0 aliphatic carbocycles. The van der Waals surface area contributed by atoms with E-state index in [1.54, 1.807) is 13.1 Å². The third-order valence-corrected chi connectivity index (χ3v) is 14.4. The molecule has 0 radical (unpaired) electrons. The van der Waals surface area contributed by atoms with Crippen LogP contribution in [0.3, 0.4) is 0 Å². The van der Waals surface area contributed by atoms with Gasteiger partial charge in [0.2, 0.25) is 0 Å². The lowest BCUT2D eigenvalue weighted by atomic mass is 10.0. The molecule has 2 aromatic carbocycles. The number of piperazine rings is 2. The molecule has 15 heteroatoms. The van der Waals surface area contributed by atoms with E-state index in [1.165, 1.54) is 50.7 Å². The zero-order chi connectivity index (χ0) is 44.2. The van der Waals surface area contributed by atoms with E-state index in [0.29, 0.717) is 23.2 Å². The van der Waals surface area contributed by atoms with Crippen molar-refractivity contribution in [3.8, 4) is 22.3 Å². The van der Waals surface area contributed by atoms with Crippen LogP contribution in [0.2, 0.25) is 0 Å². The highest BCUT2D eigenvalue weighted by atomic mass is 19.1. The van der Waals surface area contributed by atoms with E-state index < -0.39 is 0 Å². The number of benzene rings is 2. The Bertz CT molecular complexity index is 2990. The van der Waals surface area contributed by atoms with E-state index in [9.17, 15) is 4.39 Å². The summed E-state index contributed by atoms with van der Waals surface area (Å²) in [4.78, 5) is 33.4. The Kier molecular flexibility index (Phi) is 11.1. The van der Waals surface area contributed by atoms with Gasteiger partial charge in [-0.2, -0.15) is 10.2 Å². The molecule has 4 fully saturated rings. The molecule has 4 saturated heterocycles. The number of aryl methyl sites for hydroxylation is 2. The smallest absolute Gasteiger partial charge is 0.162 e. The van der Waals surface area contributed by atoms with E-state index in [1.807, 2.05) is 52.1 Å². The molecule has 4 aliphatic heterocycles. The first-order valence-corrected chi connectivity index (χ1v) is 23.2. The Balaban J connectivity index is 0.000000144. The summed E-state index contributed by atoms with van der Waals surface area (Å²) in [6.07, 6.45) is 17.9. The van der Waals surface area contributed by atoms with Crippen molar-refractivity contribution in [2.75, 3.05) is 102 Å². The topological polar surface area (TPSA) is 106 Å². The number of hydrogen-bond acceptors (Lipinski definition) is 12. The SMILES string of the molecule is Cc1cc2c(-c3cnn4cc(N5CC(N6CCN(C)CC6)C5)cnc34)ccnc2cc1F.Cc1ccc2nccc(-c3cnn4cc(N5CCC(N6CCN(C)CC6)CC5)cnc34)c2c1. The largest absolute Gasteiger partial charge is 0.369 e. The van der Waals surface area contributed by atoms with Crippen molar-refractivity contribution in [1.82, 2.24) is 58.8 Å². The van der Waals surface area contributed by atoms with Crippen molar-refractivity contribution in [2.24, 2.45) is 0 Å². The molecule has 0 bridgehead atoms. The minimum atomic E-state index is -0.241. The first-order chi connectivity index (χ1) is 31.7. The maximum absolute atomic E-state index is 14.0. The van der Waals surface area contributed by atoms with Gasteiger partial charge < -0.3 is 19.6 Å². The van der Waals surface area contributed by atoms with Gasteiger partial charge in [-0.25, -0.2) is 23.4 Å². The minimum Gasteiger partial charge on any atom is -0.369 e. The van der Waals surface area contributed by atoms with Crippen LogP contribution in [0.5, 0.6) is 0 Å². The van der Waals surface area contributed by atoms with Gasteiger partial charge in [-0.05, 0) is 87.8 Å². The van der Waals surface area contributed by atoms with E-state index in [2.05, 4.69) is 107 Å². The van der Waals surface area contributed by atoms with Crippen LogP contribution in [0, 0.1) is 19.7 Å². The van der Waals surface area contributed by atoms with Gasteiger partial charge in [0, 0.05) is 131 Å². The number of halogens is 1. The highest BCUT2D eigenvalue weighted by Crippen LogP contribution is 2.34. The number of piperidine rings is 1. The predicted molar refractivity (Wildman–Crippen MR) is 256 cm³/mol. The van der Waals surface area contributed by atoms with Gasteiger partial charge in [-0.1, -0.05) is 11.6 Å². The standard InChI is InChI=1S/C26H31N7.C24H26FN7/c1-19-3-4-25-23(15-19)22(5-8-27-25)24-17-29-33-18-21(16-28-26(24)33)31-9-6-20(7-10-31)32-13-11-30(2)12-14-32;1-16-9-20-19(3-4-26-23(20)10-22(16)25)21-12-28-32-15-17(11-27-24(21)32)31-13-18(14-31)30-7-5-29(2)6-8-30/h3-5,8,15-18,20H,6-7,9-14H2,1-2H3;3-4,9-12,15,18H,5-8,13-14H2,1-2H3. The first kappa shape index (κ1) is 41.6. The summed E-state index contributed by atoms with van der Waals surface area (Å²) in [5.41, 5.74) is 11.5. The van der Waals surface area contributed by atoms with Crippen molar-refractivity contribution in [2.45, 2.75) is 38.8 Å². The fraction of sp³-hybridized carbons (Fsp3) is 0.400. The molecule has 0 unspecified atom stereocenters. The van der Waals surface area contributed by atoms with Crippen molar-refractivity contribution >= 4 is 44.5 Å². The summed E-state index contributed by atoms with van der Waals surface area (Å²) < 4.78 is 17.8. The lowest BCUT2D eigenvalue weighted by Gasteiger charge is -2.48. The van der Waals surface area contributed by atoms with Crippen LogP contribution in [-0.2, 0) is 0 Å². The van der Waals surface area contributed by atoms with Crippen molar-refractivity contribution in [1.29, 1.82) is 0 Å². The number of nitrogens with zero attached hydrogens (tertiary/aromatic N) is 14. The Morgan fingerprint density at radius 2 is 1.06 bits per heavy atom. The zero-order valence-electron chi connectivity index (χ0n) is 37.9. The molecule has 0 atom stereocenters. The monoisotopic (exact) mass is 872 g/mol. The Morgan fingerprint density at radius 1 is 0.523 bits per heavy atom. The number of hydrogen-bond donors (Lipinski definition) is 0. The summed E-state index contributed by atoms with van der Waals surface area (Å²) in [7, 11) is 4.42. The van der Waals surface area contributed by atoms with Gasteiger partial charge in [0.1, 0.15) is 5.82 Å². The van der Waals surface area contributed by atoms with Crippen molar-refractivity contribution in [3.05, 3.63) is 109 Å². The third-order valence-electron chi connectivity index (χ3n) is 14.4. The Labute approximate surface area is 378 Å². The number of fused-ring (bicyclic) bond motifs is 4. The van der Waals surface area contributed by atoms with E-state index in [-0.39, 0.29) is 5.82 Å². The Hall–Kier alpha value is -6.13. The molecule has 334 valence electrons. The van der Waals surface area contributed by atoms with Crippen LogP contribution in [0.15, 0.2) is 92.0 Å². The van der Waals surface area contributed by atoms with Crippen LogP contribution >= 0.6 is 0 Å². The summed E-state index contributed by atoms with van der Waals surface area (Å²) >= 11 is 0. The molecule has 12 rings (SSSR count). The van der Waals surface area contributed by atoms with Gasteiger partial charge in [-0.15, -0.1) is 0 Å². The average molecular weight is 873 g/mol. The summed E-state index contributed by atoms with van der Waals surface area (Å²) in [6, 6.07) is 15.1. The maximum atomic E-state index is 14.0. The minimum absolute atomic E-state index is 0.241. The van der Waals surface area contributed by atoms with Gasteiger partial charge in [0.15, 0.2) is 11.3 Å². The van der Waals surface area contributed by atoms with Crippen LogP contribution in [0.25, 0.3) is 55.4 Å². The second-order valence-corrected chi connectivity index (χ2v) is 18.6. The Morgan fingerprint density at radius 3 is 1.66 bits per heavy atom. The molecule has 0 N–H and O–H groups in total. The third kappa shape index (κ3) is 8.15. The molecule has 10 heterocycles. The number of pyridine rings is 2. The van der Waals surface area contributed by atoms with Crippen molar-refractivity contribution < 1.29 is 4.39 Å². The molecule has 6 aromatic heterocycles. The molecule has 0 spiro atoms. The summed E-state index contributed by atoms with van der Waals surface area (Å²) in [5, 5.41) is 11.3. The summed E-state index contributed by atoms with van der Waals surface area (Å²) in [6.45, 7) is 17.5. The van der Waals surface area contributed by atoms with E-state index in [0.717, 1.165) is 114 Å². The average Bonchev–Trinajstić information content (AvgIpc) is 3.94. The maximum Gasteiger partial charge on any atom is 0.162 e. The number of aromatic nitrogens is 8. The lowest BCUT2D eigenvalue weighted by molar-refractivity contribution is 0.0963. The van der Waals surface area contributed by atoms with Crippen LogP contribution in [0.1, 0.15) is 24.0 Å². The number of anilines is 2. The second-order valence-electron chi connectivity index (χ2n) is 18.6. The molecule has 4 aliphatic rings. The normalized spacial score (nSPS) is 18.8. The number of likely N-dealkylation sites (N-methyl/N-ethyl adjacent to an activating group) is 2. The molecular formula is C50H57FN14. The van der Waals surface area contributed by atoms with Gasteiger partial charge in [0.25, 0.3) is 0 Å². The second kappa shape index (κ2) is 17.3. The predicted octanol–water partition coefficient (Wildman–Crippen LogP) is 6.30. The van der Waals surface area contributed by atoms with Gasteiger partial charge >= 0.3 is 0 Å². The van der Waals surface area contributed by atoms with Crippen molar-refractivity contribution in [3.63, 3.8) is 0 Å². The summed E-state index contributed by atoms with van der Waals surface area (Å²) in [5.74, 6) is -0.241. The van der Waals surface area contributed by atoms with Gasteiger partial charge in [-0.3, -0.25) is 19.8 Å². The fourth-order valence-electron chi connectivity index (χ4n) is 10.2. The van der Waals surface area contributed by atoms with Crippen LogP contribution < -0.4 is 9.80 Å².